The summed E-state index contributed by atoms with van der Waals surface area (Å²) in [6.45, 7) is 0.187. The lowest BCUT2D eigenvalue weighted by atomic mass is 9.94. The number of pyridine rings is 1. The Morgan fingerprint density at radius 3 is 2.45 bits per heavy atom. The predicted octanol–water partition coefficient (Wildman–Crippen LogP) is 2.80. The Labute approximate surface area is 179 Å². The molecular weight excluding hydrogens is 418 g/mol. The highest BCUT2D eigenvalue weighted by molar-refractivity contribution is 7.89. The van der Waals surface area contributed by atoms with E-state index < -0.39 is 15.4 Å². The van der Waals surface area contributed by atoms with Crippen LogP contribution in [-0.4, -0.2) is 26.1 Å². The number of nitrogens with one attached hydrogen (secondary N) is 1. The Balaban J connectivity index is 1.37. The molecule has 3 aromatic rings. The van der Waals surface area contributed by atoms with Crippen LogP contribution in [0.3, 0.4) is 0 Å². The van der Waals surface area contributed by atoms with Gasteiger partial charge in [-0.15, -0.1) is 0 Å². The summed E-state index contributed by atoms with van der Waals surface area (Å²) < 4.78 is 33.7. The normalized spacial score (nSPS) is 16.0. The number of benzene rings is 2. The first-order valence-electron chi connectivity index (χ1n) is 9.67. The second kappa shape index (κ2) is 7.07. The molecule has 9 heteroatoms. The predicted molar refractivity (Wildman–Crippen MR) is 113 cm³/mol. The Hall–Kier alpha value is -3.43. The summed E-state index contributed by atoms with van der Waals surface area (Å²) in [6.07, 6.45) is 1.49. The van der Waals surface area contributed by atoms with Crippen LogP contribution in [-0.2, 0) is 20.2 Å². The standard InChI is InChI=1S/C22H19N3O5S/c23-31(27,28)16-7-4-14(5-8-16)17-2-1-3-20(24-17)25-21(26)22(10-11-22)15-6-9-18-19(12-15)30-13-29-18/h1-9,12H,10-11,13H2,(H2,23,27,28)(H,24,25,26). The number of ether oxygens (including phenoxy) is 2. The quantitative estimate of drug-likeness (QED) is 0.633. The van der Waals surface area contributed by atoms with E-state index >= 15 is 0 Å². The average molecular weight is 437 g/mol. The summed E-state index contributed by atoms with van der Waals surface area (Å²) in [5.41, 5.74) is 1.60. The third-order valence-electron chi connectivity index (χ3n) is 5.58. The number of sulfonamides is 1. The molecule has 8 nitrogen and oxygen atoms in total. The molecule has 0 saturated heterocycles. The Morgan fingerprint density at radius 1 is 1.00 bits per heavy atom. The van der Waals surface area contributed by atoms with Gasteiger partial charge >= 0.3 is 0 Å². The molecule has 2 aliphatic rings. The van der Waals surface area contributed by atoms with Crippen molar-refractivity contribution in [3.8, 4) is 22.8 Å². The minimum absolute atomic E-state index is 0.0279. The van der Waals surface area contributed by atoms with E-state index in [0.29, 0.717) is 28.6 Å². The van der Waals surface area contributed by atoms with E-state index in [1.807, 2.05) is 18.2 Å². The summed E-state index contributed by atoms with van der Waals surface area (Å²) in [5.74, 6) is 1.63. The van der Waals surface area contributed by atoms with Crippen molar-refractivity contribution >= 4 is 21.7 Å². The van der Waals surface area contributed by atoms with Crippen molar-refractivity contribution in [2.45, 2.75) is 23.2 Å². The molecule has 0 atom stereocenters. The van der Waals surface area contributed by atoms with Gasteiger partial charge in [0.1, 0.15) is 5.82 Å². The van der Waals surface area contributed by atoms with Crippen LogP contribution in [0.25, 0.3) is 11.3 Å². The third-order valence-corrected chi connectivity index (χ3v) is 6.51. The summed E-state index contributed by atoms with van der Waals surface area (Å²) >= 11 is 0. The molecule has 0 bridgehead atoms. The fraction of sp³-hybridized carbons (Fsp3) is 0.182. The lowest BCUT2D eigenvalue weighted by Crippen LogP contribution is -2.28. The van der Waals surface area contributed by atoms with Gasteiger partial charge in [-0.2, -0.15) is 0 Å². The van der Waals surface area contributed by atoms with Crippen LogP contribution in [0.5, 0.6) is 11.5 Å². The minimum atomic E-state index is -3.76. The lowest BCUT2D eigenvalue weighted by molar-refractivity contribution is -0.118. The van der Waals surface area contributed by atoms with Gasteiger partial charge in [0, 0.05) is 5.56 Å². The van der Waals surface area contributed by atoms with E-state index in [0.717, 1.165) is 18.4 Å². The number of aromatic nitrogens is 1. The van der Waals surface area contributed by atoms with Crippen LogP contribution in [0.15, 0.2) is 65.6 Å². The zero-order valence-corrected chi connectivity index (χ0v) is 17.2. The van der Waals surface area contributed by atoms with Crippen molar-refractivity contribution in [2.75, 3.05) is 12.1 Å². The SMILES string of the molecule is NS(=O)(=O)c1ccc(-c2cccc(NC(=O)C3(c4ccc5c(c4)OCO5)CC3)n2)cc1. The van der Waals surface area contributed by atoms with Gasteiger partial charge in [0.15, 0.2) is 11.5 Å². The molecule has 1 amide bonds. The molecule has 2 heterocycles. The number of hydrogen-bond acceptors (Lipinski definition) is 6. The third kappa shape index (κ3) is 3.62. The van der Waals surface area contributed by atoms with Crippen LogP contribution in [0, 0.1) is 0 Å². The number of fused-ring (bicyclic) bond motifs is 1. The van der Waals surface area contributed by atoms with E-state index in [4.69, 9.17) is 14.6 Å². The Morgan fingerprint density at radius 2 is 1.74 bits per heavy atom. The fourth-order valence-corrected chi connectivity index (χ4v) is 4.20. The van der Waals surface area contributed by atoms with Crippen molar-refractivity contribution in [3.63, 3.8) is 0 Å². The molecule has 2 aromatic carbocycles. The van der Waals surface area contributed by atoms with Gasteiger partial charge in [-0.3, -0.25) is 4.79 Å². The van der Waals surface area contributed by atoms with Crippen molar-refractivity contribution in [2.24, 2.45) is 5.14 Å². The molecule has 0 radical (unpaired) electrons. The van der Waals surface area contributed by atoms with E-state index in [1.54, 1.807) is 30.3 Å². The molecule has 1 fully saturated rings. The number of carbonyl (C=O) groups excluding carboxylic acids is 1. The number of anilines is 1. The molecule has 1 saturated carbocycles. The van der Waals surface area contributed by atoms with Gasteiger partial charge in [0.05, 0.1) is 16.0 Å². The van der Waals surface area contributed by atoms with Crippen LogP contribution in [0.4, 0.5) is 5.82 Å². The molecule has 158 valence electrons. The fourth-order valence-electron chi connectivity index (χ4n) is 3.68. The summed E-state index contributed by atoms with van der Waals surface area (Å²) in [5, 5.41) is 8.06. The topological polar surface area (TPSA) is 121 Å². The zero-order chi connectivity index (χ0) is 21.6. The van der Waals surface area contributed by atoms with E-state index in [9.17, 15) is 13.2 Å². The second-order valence-electron chi connectivity index (χ2n) is 7.58. The van der Waals surface area contributed by atoms with Crippen LogP contribution < -0.4 is 19.9 Å². The summed E-state index contributed by atoms with van der Waals surface area (Å²) in [7, 11) is -3.76. The molecular formula is C22H19N3O5S. The van der Waals surface area contributed by atoms with Gasteiger partial charge in [0.25, 0.3) is 0 Å². The molecule has 0 spiro atoms. The number of nitrogens with zero attached hydrogens (tertiary/aromatic N) is 1. The van der Waals surface area contributed by atoms with Crippen molar-refractivity contribution < 1.29 is 22.7 Å². The molecule has 1 aliphatic carbocycles. The first kappa shape index (κ1) is 19.5. The molecule has 1 aromatic heterocycles. The summed E-state index contributed by atoms with van der Waals surface area (Å²) in [4.78, 5) is 17.6. The maximum atomic E-state index is 13.1. The van der Waals surface area contributed by atoms with Gasteiger partial charge in [-0.25, -0.2) is 18.5 Å². The van der Waals surface area contributed by atoms with E-state index in [1.165, 1.54) is 12.1 Å². The van der Waals surface area contributed by atoms with Crippen molar-refractivity contribution in [1.29, 1.82) is 0 Å². The smallest absolute Gasteiger partial charge is 0.238 e. The van der Waals surface area contributed by atoms with Gasteiger partial charge in [-0.1, -0.05) is 24.3 Å². The zero-order valence-electron chi connectivity index (χ0n) is 16.4. The number of rotatable bonds is 5. The second-order valence-corrected chi connectivity index (χ2v) is 9.14. The van der Waals surface area contributed by atoms with Crippen LogP contribution in [0.1, 0.15) is 18.4 Å². The van der Waals surface area contributed by atoms with E-state index in [-0.39, 0.29) is 17.6 Å². The van der Waals surface area contributed by atoms with Crippen molar-refractivity contribution in [1.82, 2.24) is 4.98 Å². The monoisotopic (exact) mass is 437 g/mol. The Bertz CT molecular complexity index is 1280. The highest BCUT2D eigenvalue weighted by Gasteiger charge is 2.51. The number of primary sulfonamides is 1. The number of nitrogens with two attached hydrogens (primary N) is 1. The lowest BCUT2D eigenvalue weighted by Gasteiger charge is -2.16. The van der Waals surface area contributed by atoms with Crippen LogP contribution in [0.2, 0.25) is 0 Å². The van der Waals surface area contributed by atoms with Gasteiger partial charge in [-0.05, 0) is 54.8 Å². The largest absolute Gasteiger partial charge is 0.454 e. The van der Waals surface area contributed by atoms with Gasteiger partial charge < -0.3 is 14.8 Å². The van der Waals surface area contributed by atoms with Crippen molar-refractivity contribution in [3.05, 3.63) is 66.2 Å². The first-order chi connectivity index (χ1) is 14.8. The molecule has 5 rings (SSSR count). The minimum Gasteiger partial charge on any atom is -0.454 e. The van der Waals surface area contributed by atoms with Crippen LogP contribution >= 0.6 is 0 Å². The maximum Gasteiger partial charge on any atom is 0.238 e. The summed E-state index contributed by atoms with van der Waals surface area (Å²) in [6, 6.07) is 17.0. The Kier molecular flexibility index (Phi) is 4.45. The number of amides is 1. The van der Waals surface area contributed by atoms with E-state index in [2.05, 4.69) is 10.3 Å². The molecule has 3 N–H and O–H groups in total. The molecule has 0 unspecified atom stereocenters. The molecule has 31 heavy (non-hydrogen) atoms. The first-order valence-corrected chi connectivity index (χ1v) is 11.2. The average Bonchev–Trinajstić information content (AvgIpc) is 3.44. The highest BCUT2D eigenvalue weighted by Crippen LogP contribution is 2.51. The van der Waals surface area contributed by atoms with Gasteiger partial charge in [0.2, 0.25) is 22.7 Å². The maximum absolute atomic E-state index is 13.1. The number of carbonyl (C=O) groups is 1. The molecule has 1 aliphatic heterocycles. The number of hydrogen-bond donors (Lipinski definition) is 2. The highest BCUT2D eigenvalue weighted by atomic mass is 32.2.